The molecule has 2 unspecified atom stereocenters. The maximum Gasteiger partial charge on any atom is 0.240 e. The average Bonchev–Trinajstić information content (AvgIpc) is 3.12. The van der Waals surface area contributed by atoms with Crippen LogP contribution in [0.1, 0.15) is 25.3 Å². The molecular weight excluding hydrogens is 390 g/mol. The van der Waals surface area contributed by atoms with Crippen LogP contribution in [0.25, 0.3) is 0 Å². The van der Waals surface area contributed by atoms with E-state index in [4.69, 9.17) is 9.47 Å². The minimum atomic E-state index is -0.488. The van der Waals surface area contributed by atoms with E-state index in [1.807, 2.05) is 38.4 Å². The van der Waals surface area contributed by atoms with E-state index in [1.54, 1.807) is 0 Å². The van der Waals surface area contributed by atoms with Gasteiger partial charge >= 0.3 is 0 Å². The summed E-state index contributed by atoms with van der Waals surface area (Å²) in [4.78, 5) is 11.2. The van der Waals surface area contributed by atoms with Crippen molar-refractivity contribution in [2.24, 2.45) is 0 Å². The summed E-state index contributed by atoms with van der Waals surface area (Å²) >= 11 is 0. The van der Waals surface area contributed by atoms with Crippen LogP contribution >= 0.6 is 0 Å². The lowest BCUT2D eigenvalue weighted by molar-refractivity contribution is -0.139. The molecule has 2 aliphatic heterocycles. The summed E-state index contributed by atoms with van der Waals surface area (Å²) in [6.07, 6.45) is 3.20. The minimum absolute atomic E-state index is 0.0158. The molecule has 7 nitrogen and oxygen atoms in total. The summed E-state index contributed by atoms with van der Waals surface area (Å²) in [5.74, 6) is -0.210. The van der Waals surface area contributed by atoms with Crippen molar-refractivity contribution in [3.8, 4) is 6.07 Å². The van der Waals surface area contributed by atoms with Crippen LogP contribution in [0.3, 0.4) is 0 Å². The number of ether oxygens (including phenoxy) is 2. The molecule has 0 saturated carbocycles. The van der Waals surface area contributed by atoms with Gasteiger partial charge in [0.15, 0.2) is 0 Å². The lowest BCUT2D eigenvalue weighted by Gasteiger charge is -2.41. The van der Waals surface area contributed by atoms with E-state index in [0.29, 0.717) is 13.2 Å². The van der Waals surface area contributed by atoms with Gasteiger partial charge in [0.1, 0.15) is 0 Å². The summed E-state index contributed by atoms with van der Waals surface area (Å²) in [7, 11) is 0. The molecule has 3 heterocycles. The van der Waals surface area contributed by atoms with Gasteiger partial charge in [-0.3, -0.25) is 9.88 Å². The number of hydrogen-bond donors (Lipinski definition) is 0. The van der Waals surface area contributed by atoms with Crippen LogP contribution in [0.5, 0.6) is 0 Å². The predicted octanol–water partition coefficient (Wildman–Crippen LogP) is 3.06. The number of rotatable bonds is 8. The van der Waals surface area contributed by atoms with Crippen LogP contribution in [-0.4, -0.2) is 68.3 Å². The number of nitriles is 1. The van der Waals surface area contributed by atoms with E-state index >= 15 is 0 Å². The molecule has 1 aromatic carbocycles. The molecule has 2 aromatic rings. The molecule has 0 aliphatic carbocycles. The molecule has 164 valence electrons. The topological polar surface area (TPSA) is 64.9 Å². The standard InChI is InChI=1S/C24H31N5O2/c1-3-30-24(31-4-2)29-22-8-6-5-7-20(22)21(17-25)23(29)18-27-13-15-28(16-14-27)19-9-11-26-12-10-19/h5-12,21,23-24H,3-4,13-16,18H2,1-2H3. The smallest absolute Gasteiger partial charge is 0.240 e. The average molecular weight is 422 g/mol. The van der Waals surface area contributed by atoms with Crippen LogP contribution in [0.2, 0.25) is 0 Å². The Labute approximate surface area is 184 Å². The summed E-state index contributed by atoms with van der Waals surface area (Å²) in [5.41, 5.74) is 3.32. The lowest BCUT2D eigenvalue weighted by Crippen LogP contribution is -2.54. The summed E-state index contributed by atoms with van der Waals surface area (Å²) in [6, 6.07) is 14.8. The van der Waals surface area contributed by atoms with E-state index in [9.17, 15) is 5.26 Å². The number of hydrogen-bond acceptors (Lipinski definition) is 7. The highest BCUT2D eigenvalue weighted by Gasteiger charge is 2.43. The Morgan fingerprint density at radius 1 is 1.03 bits per heavy atom. The molecule has 1 fully saturated rings. The molecule has 2 aliphatic rings. The van der Waals surface area contributed by atoms with E-state index in [2.05, 4.69) is 50.0 Å². The zero-order chi connectivity index (χ0) is 21.6. The molecule has 1 saturated heterocycles. The van der Waals surface area contributed by atoms with E-state index in [0.717, 1.165) is 44.0 Å². The summed E-state index contributed by atoms with van der Waals surface area (Å²) in [5, 5.41) is 10.1. The highest BCUT2D eigenvalue weighted by molar-refractivity contribution is 5.64. The third-order valence-corrected chi connectivity index (χ3v) is 6.12. The monoisotopic (exact) mass is 421 g/mol. The summed E-state index contributed by atoms with van der Waals surface area (Å²) in [6.45, 7) is 9.68. The first-order chi connectivity index (χ1) is 15.3. The first-order valence-corrected chi connectivity index (χ1v) is 11.1. The largest absolute Gasteiger partial charge is 0.369 e. The fraction of sp³-hybridized carbons (Fsp3) is 0.500. The number of aromatic nitrogens is 1. The van der Waals surface area contributed by atoms with Gasteiger partial charge in [-0.25, -0.2) is 0 Å². The predicted molar refractivity (Wildman–Crippen MR) is 121 cm³/mol. The third kappa shape index (κ3) is 4.52. The van der Waals surface area contributed by atoms with E-state index in [-0.39, 0.29) is 12.0 Å². The number of benzene rings is 1. The van der Waals surface area contributed by atoms with Gasteiger partial charge in [-0.05, 0) is 37.6 Å². The maximum absolute atomic E-state index is 10.1. The van der Waals surface area contributed by atoms with Gasteiger partial charge in [0.05, 0.1) is 18.0 Å². The zero-order valence-corrected chi connectivity index (χ0v) is 18.4. The second-order valence-electron chi connectivity index (χ2n) is 7.85. The van der Waals surface area contributed by atoms with Crippen LogP contribution < -0.4 is 9.80 Å². The third-order valence-electron chi connectivity index (χ3n) is 6.12. The normalized spacial score (nSPS) is 21.4. The molecule has 2 atom stereocenters. The Bertz CT molecular complexity index is 873. The van der Waals surface area contributed by atoms with Crippen LogP contribution in [0.15, 0.2) is 48.8 Å². The molecule has 1 aromatic heterocycles. The van der Waals surface area contributed by atoms with E-state index < -0.39 is 6.41 Å². The van der Waals surface area contributed by atoms with Crippen molar-refractivity contribution in [2.45, 2.75) is 32.2 Å². The van der Waals surface area contributed by atoms with Crippen LogP contribution in [0, 0.1) is 11.3 Å². The molecule has 0 bridgehead atoms. The Balaban J connectivity index is 1.52. The number of para-hydroxylation sites is 1. The Hall–Kier alpha value is -2.66. The molecule has 0 amide bonds. The van der Waals surface area contributed by atoms with Crippen molar-refractivity contribution in [3.63, 3.8) is 0 Å². The molecule has 4 rings (SSSR count). The fourth-order valence-corrected chi connectivity index (χ4v) is 4.65. The molecule has 0 N–H and O–H groups in total. The first-order valence-electron chi connectivity index (χ1n) is 11.1. The zero-order valence-electron chi connectivity index (χ0n) is 18.4. The molecular formula is C24H31N5O2. The summed E-state index contributed by atoms with van der Waals surface area (Å²) < 4.78 is 11.9. The Morgan fingerprint density at radius 3 is 2.35 bits per heavy atom. The second-order valence-corrected chi connectivity index (χ2v) is 7.85. The van der Waals surface area contributed by atoms with Gasteiger partial charge in [0, 0.05) is 69.7 Å². The lowest BCUT2D eigenvalue weighted by atomic mass is 9.96. The SMILES string of the molecule is CCOC(OCC)N1c2ccccc2C(C#N)C1CN1CCN(c2ccncc2)CC1. The van der Waals surface area contributed by atoms with Crippen molar-refractivity contribution in [3.05, 3.63) is 54.4 Å². The van der Waals surface area contributed by atoms with Gasteiger partial charge in [0.25, 0.3) is 0 Å². The number of piperazine rings is 1. The number of fused-ring (bicyclic) bond motifs is 1. The van der Waals surface area contributed by atoms with Crippen LogP contribution in [0.4, 0.5) is 11.4 Å². The van der Waals surface area contributed by atoms with Gasteiger partial charge in [0.2, 0.25) is 6.41 Å². The number of pyridine rings is 1. The Kier molecular flexibility index (Phi) is 7.03. The van der Waals surface area contributed by atoms with Crippen molar-refractivity contribution in [2.75, 3.05) is 55.7 Å². The van der Waals surface area contributed by atoms with Crippen molar-refractivity contribution < 1.29 is 9.47 Å². The van der Waals surface area contributed by atoms with Gasteiger partial charge in [-0.2, -0.15) is 5.26 Å². The fourth-order valence-electron chi connectivity index (χ4n) is 4.65. The minimum Gasteiger partial charge on any atom is -0.369 e. The van der Waals surface area contributed by atoms with Crippen molar-refractivity contribution in [1.29, 1.82) is 5.26 Å². The number of nitrogens with zero attached hydrogens (tertiary/aromatic N) is 5. The highest BCUT2D eigenvalue weighted by Crippen LogP contribution is 2.42. The van der Waals surface area contributed by atoms with Crippen molar-refractivity contribution >= 4 is 11.4 Å². The maximum atomic E-state index is 10.1. The second kappa shape index (κ2) is 10.1. The molecule has 0 spiro atoms. The molecule has 7 heteroatoms. The van der Waals surface area contributed by atoms with E-state index in [1.165, 1.54) is 5.69 Å². The van der Waals surface area contributed by atoms with Gasteiger partial charge < -0.3 is 19.3 Å². The van der Waals surface area contributed by atoms with Crippen molar-refractivity contribution in [1.82, 2.24) is 9.88 Å². The quantitative estimate of drug-likeness (QED) is 0.607. The molecule has 0 radical (unpaired) electrons. The number of anilines is 2. The van der Waals surface area contributed by atoms with Gasteiger partial charge in [-0.1, -0.05) is 18.2 Å². The van der Waals surface area contributed by atoms with Gasteiger partial charge in [-0.15, -0.1) is 0 Å². The molecule has 31 heavy (non-hydrogen) atoms. The van der Waals surface area contributed by atoms with Crippen LogP contribution in [-0.2, 0) is 9.47 Å². The first kappa shape index (κ1) is 21.6. The Morgan fingerprint density at radius 2 is 1.71 bits per heavy atom. The highest BCUT2D eigenvalue weighted by atomic mass is 16.7.